The highest BCUT2D eigenvalue weighted by molar-refractivity contribution is 5.98. The van der Waals surface area contributed by atoms with Gasteiger partial charge in [0.25, 0.3) is 0 Å². The number of benzene rings is 1. The third-order valence-electron chi connectivity index (χ3n) is 6.57. The number of carboxylic acids is 1. The van der Waals surface area contributed by atoms with Crippen LogP contribution in [0.4, 0.5) is 5.69 Å². The van der Waals surface area contributed by atoms with Gasteiger partial charge in [0, 0.05) is 5.69 Å². The summed E-state index contributed by atoms with van der Waals surface area (Å²) in [6, 6.07) is 3.46. The first-order valence-electron chi connectivity index (χ1n) is 9.02. The quantitative estimate of drug-likeness (QED) is 0.876. The molecule has 0 aromatic heterocycles. The van der Waals surface area contributed by atoms with Gasteiger partial charge in [-0.1, -0.05) is 6.07 Å². The van der Waals surface area contributed by atoms with Crippen LogP contribution in [0.2, 0.25) is 0 Å². The Labute approximate surface area is 142 Å². The summed E-state index contributed by atoms with van der Waals surface area (Å²) in [5.41, 5.74) is 2.36. The molecular weight excluding hydrogens is 302 g/mol. The van der Waals surface area contributed by atoms with Gasteiger partial charge in [0.1, 0.15) is 0 Å². The van der Waals surface area contributed by atoms with E-state index in [0.717, 1.165) is 48.1 Å². The van der Waals surface area contributed by atoms with Crippen LogP contribution in [0.5, 0.6) is 0 Å². The molecule has 0 spiro atoms. The van der Waals surface area contributed by atoms with E-state index in [1.54, 1.807) is 13.0 Å². The molecule has 24 heavy (non-hydrogen) atoms. The normalized spacial score (nSPS) is 33.5. The molecule has 4 bridgehead atoms. The molecule has 0 heterocycles. The lowest BCUT2D eigenvalue weighted by Gasteiger charge is -2.55. The highest BCUT2D eigenvalue weighted by atomic mass is 16.4. The third-order valence-corrected chi connectivity index (χ3v) is 6.57. The van der Waals surface area contributed by atoms with Gasteiger partial charge in [0.15, 0.2) is 0 Å². The van der Waals surface area contributed by atoms with Crippen molar-refractivity contribution in [3.05, 3.63) is 28.8 Å². The van der Waals surface area contributed by atoms with E-state index in [1.165, 1.54) is 19.3 Å². The average molecular weight is 327 g/mol. The molecule has 4 aliphatic rings. The van der Waals surface area contributed by atoms with E-state index in [0.29, 0.717) is 5.69 Å². The number of hydrogen-bond acceptors (Lipinski definition) is 2. The molecule has 1 amide bonds. The van der Waals surface area contributed by atoms with E-state index in [-0.39, 0.29) is 16.9 Å². The molecule has 2 N–H and O–H groups in total. The zero-order valence-corrected chi connectivity index (χ0v) is 14.4. The Morgan fingerprint density at radius 3 is 2.04 bits per heavy atom. The van der Waals surface area contributed by atoms with Crippen LogP contribution in [0.1, 0.15) is 60.0 Å². The van der Waals surface area contributed by atoms with Crippen molar-refractivity contribution in [3.63, 3.8) is 0 Å². The molecule has 4 nitrogen and oxygen atoms in total. The second kappa shape index (κ2) is 5.33. The van der Waals surface area contributed by atoms with Gasteiger partial charge < -0.3 is 10.4 Å². The minimum atomic E-state index is -0.946. The first-order chi connectivity index (χ1) is 11.4. The second-order valence-corrected chi connectivity index (χ2v) is 8.44. The van der Waals surface area contributed by atoms with Crippen molar-refractivity contribution in [1.82, 2.24) is 0 Å². The van der Waals surface area contributed by atoms with E-state index in [2.05, 4.69) is 5.32 Å². The Kier molecular flexibility index (Phi) is 3.48. The van der Waals surface area contributed by atoms with Crippen molar-refractivity contribution in [2.45, 2.75) is 52.4 Å². The number of carbonyl (C=O) groups is 2. The van der Waals surface area contributed by atoms with Gasteiger partial charge in [-0.2, -0.15) is 0 Å². The van der Waals surface area contributed by atoms with E-state index < -0.39 is 5.97 Å². The lowest BCUT2D eigenvalue weighted by atomic mass is 9.49. The molecule has 4 aliphatic carbocycles. The lowest BCUT2D eigenvalue weighted by molar-refractivity contribution is -0.140. The Balaban J connectivity index is 1.61. The molecule has 5 rings (SSSR count). The van der Waals surface area contributed by atoms with Crippen LogP contribution in [0.3, 0.4) is 0 Å². The number of carboxylic acid groups (broad SMARTS) is 1. The van der Waals surface area contributed by atoms with E-state index in [4.69, 9.17) is 0 Å². The predicted molar refractivity (Wildman–Crippen MR) is 92.1 cm³/mol. The van der Waals surface area contributed by atoms with Crippen molar-refractivity contribution < 1.29 is 14.7 Å². The number of carbonyl (C=O) groups excluding carboxylic acids is 1. The van der Waals surface area contributed by atoms with Crippen LogP contribution in [0.15, 0.2) is 12.1 Å². The van der Waals surface area contributed by atoms with Gasteiger partial charge >= 0.3 is 5.97 Å². The van der Waals surface area contributed by atoms with Crippen molar-refractivity contribution >= 4 is 17.6 Å². The summed E-state index contributed by atoms with van der Waals surface area (Å²) in [7, 11) is 0. The highest BCUT2D eigenvalue weighted by Crippen LogP contribution is 2.60. The maximum Gasteiger partial charge on any atom is 0.336 e. The summed E-state index contributed by atoms with van der Waals surface area (Å²) in [6.45, 7) is 3.72. The number of amides is 1. The maximum atomic E-state index is 13.1. The van der Waals surface area contributed by atoms with Crippen LogP contribution in [-0.4, -0.2) is 17.0 Å². The van der Waals surface area contributed by atoms with Crippen LogP contribution in [0.25, 0.3) is 0 Å². The Hall–Kier alpha value is -1.84. The smallest absolute Gasteiger partial charge is 0.336 e. The molecule has 0 aliphatic heterocycles. The zero-order chi connectivity index (χ0) is 17.1. The topological polar surface area (TPSA) is 66.4 Å². The average Bonchev–Trinajstić information content (AvgIpc) is 2.48. The first-order valence-corrected chi connectivity index (χ1v) is 9.02. The largest absolute Gasteiger partial charge is 0.478 e. The van der Waals surface area contributed by atoms with Gasteiger partial charge in [-0.3, -0.25) is 4.79 Å². The fourth-order valence-electron chi connectivity index (χ4n) is 5.86. The summed E-state index contributed by atoms with van der Waals surface area (Å²) in [5, 5.41) is 12.4. The summed E-state index contributed by atoms with van der Waals surface area (Å²) < 4.78 is 0. The van der Waals surface area contributed by atoms with Gasteiger partial charge in [-0.25, -0.2) is 4.79 Å². The summed E-state index contributed by atoms with van der Waals surface area (Å²) >= 11 is 0. The number of nitrogens with one attached hydrogen (secondary N) is 1. The van der Waals surface area contributed by atoms with E-state index >= 15 is 0 Å². The molecule has 1 aromatic carbocycles. The molecule has 1 aromatic rings. The fourth-order valence-corrected chi connectivity index (χ4v) is 5.86. The van der Waals surface area contributed by atoms with Crippen LogP contribution in [0, 0.1) is 37.0 Å². The van der Waals surface area contributed by atoms with Crippen molar-refractivity contribution in [2.75, 3.05) is 5.32 Å². The molecule has 0 unspecified atom stereocenters. The minimum Gasteiger partial charge on any atom is -0.478 e. The predicted octanol–water partition coefficient (Wildman–Crippen LogP) is 4.16. The monoisotopic (exact) mass is 327 g/mol. The van der Waals surface area contributed by atoms with E-state index in [9.17, 15) is 14.7 Å². The standard InChI is InChI=1S/C20H25NO3/c1-11-3-12(2)17(7-16(11)18(22)23)21-19(24)20-8-13-4-14(9-20)6-15(5-13)10-20/h3,7,13-15H,4-6,8-10H2,1-2H3,(H,21,24)(H,22,23). The number of anilines is 1. The molecular formula is C20H25NO3. The second-order valence-electron chi connectivity index (χ2n) is 8.44. The SMILES string of the molecule is Cc1cc(C)c(C(=O)O)cc1NC(=O)C12CC3CC(CC(C3)C1)C2. The number of hydrogen-bond donors (Lipinski definition) is 2. The molecule has 0 atom stereocenters. The molecule has 128 valence electrons. The van der Waals surface area contributed by atoms with Crippen LogP contribution < -0.4 is 5.32 Å². The van der Waals surface area contributed by atoms with Gasteiger partial charge in [0.05, 0.1) is 11.0 Å². The van der Waals surface area contributed by atoms with E-state index in [1.807, 2.05) is 13.0 Å². The molecule has 0 radical (unpaired) electrons. The third kappa shape index (κ3) is 2.43. The zero-order valence-electron chi connectivity index (χ0n) is 14.4. The van der Waals surface area contributed by atoms with Crippen LogP contribution in [-0.2, 0) is 4.79 Å². The number of aromatic carboxylic acids is 1. The fraction of sp³-hybridized carbons (Fsp3) is 0.600. The summed E-state index contributed by atoms with van der Waals surface area (Å²) in [5.74, 6) is 1.32. The molecule has 4 heteroatoms. The van der Waals surface area contributed by atoms with Crippen molar-refractivity contribution in [2.24, 2.45) is 23.2 Å². The summed E-state index contributed by atoms with van der Waals surface area (Å²) in [4.78, 5) is 24.5. The van der Waals surface area contributed by atoms with Crippen LogP contribution >= 0.6 is 0 Å². The Morgan fingerprint density at radius 1 is 1.00 bits per heavy atom. The molecule has 0 saturated heterocycles. The van der Waals surface area contributed by atoms with Gasteiger partial charge in [-0.05, 0) is 87.3 Å². The Bertz CT molecular complexity index is 687. The first kappa shape index (κ1) is 15.7. The van der Waals surface area contributed by atoms with Crippen molar-refractivity contribution in [3.8, 4) is 0 Å². The number of rotatable bonds is 3. The molecule has 4 saturated carbocycles. The number of aryl methyl sites for hydroxylation is 2. The highest BCUT2D eigenvalue weighted by Gasteiger charge is 2.54. The van der Waals surface area contributed by atoms with Crippen molar-refractivity contribution in [1.29, 1.82) is 0 Å². The summed E-state index contributed by atoms with van der Waals surface area (Å²) in [6.07, 6.45) is 6.96. The lowest BCUT2D eigenvalue weighted by Crippen LogP contribution is -2.51. The minimum absolute atomic E-state index is 0.116. The van der Waals surface area contributed by atoms with Gasteiger partial charge in [0.2, 0.25) is 5.91 Å². The maximum absolute atomic E-state index is 13.1. The van der Waals surface area contributed by atoms with Gasteiger partial charge in [-0.15, -0.1) is 0 Å². The Morgan fingerprint density at radius 2 is 1.54 bits per heavy atom. The molecule has 4 fully saturated rings.